The minimum atomic E-state index is 0.713. The van der Waals surface area contributed by atoms with Gasteiger partial charge in [0.15, 0.2) is 0 Å². The minimum Gasteiger partial charge on any atom is -0.460 e. The normalized spacial score (nSPS) is 11.1. The van der Waals surface area contributed by atoms with Crippen molar-refractivity contribution in [2.75, 3.05) is 5.43 Å². The molecule has 0 unspecified atom stereocenters. The van der Waals surface area contributed by atoms with Crippen LogP contribution in [0.15, 0.2) is 55.8 Å². The third-order valence-corrected chi connectivity index (χ3v) is 4.03. The smallest absolute Gasteiger partial charge is 0.203 e. The van der Waals surface area contributed by atoms with Crippen molar-refractivity contribution in [2.45, 2.75) is 6.92 Å². The fraction of sp³-hybridized carbons (Fsp3) is 0.0667. The predicted molar refractivity (Wildman–Crippen MR) is 89.9 cm³/mol. The Morgan fingerprint density at radius 3 is 2.76 bits per heavy atom. The Morgan fingerprint density at radius 2 is 2.05 bits per heavy atom. The largest absolute Gasteiger partial charge is 0.460 e. The van der Waals surface area contributed by atoms with Crippen LogP contribution >= 0.6 is 27.3 Å². The Kier molecular flexibility index (Phi) is 4.17. The van der Waals surface area contributed by atoms with Gasteiger partial charge in [0.05, 0.1) is 11.9 Å². The van der Waals surface area contributed by atoms with Crippen molar-refractivity contribution in [1.82, 2.24) is 4.98 Å². The zero-order valence-electron chi connectivity index (χ0n) is 11.2. The first-order valence-electron chi connectivity index (χ1n) is 6.28. The Bertz CT molecular complexity index is 761. The average Bonchev–Trinajstić information content (AvgIpc) is 3.09. The fourth-order valence-electron chi connectivity index (χ4n) is 1.75. The Labute approximate surface area is 134 Å². The van der Waals surface area contributed by atoms with Gasteiger partial charge in [0.25, 0.3) is 0 Å². The maximum Gasteiger partial charge on any atom is 0.203 e. The number of nitrogens with one attached hydrogen (secondary N) is 1. The number of halogens is 1. The summed E-state index contributed by atoms with van der Waals surface area (Å²) in [5.74, 6) is 1.58. The van der Waals surface area contributed by atoms with Gasteiger partial charge in [0.2, 0.25) is 5.13 Å². The molecule has 1 N–H and O–H groups in total. The topological polar surface area (TPSA) is 50.4 Å². The molecule has 4 nitrogen and oxygen atoms in total. The average molecular weight is 362 g/mol. The van der Waals surface area contributed by atoms with Gasteiger partial charge < -0.3 is 4.42 Å². The number of nitrogens with zero attached hydrogens (tertiary/aromatic N) is 2. The molecule has 0 radical (unpaired) electrons. The zero-order valence-corrected chi connectivity index (χ0v) is 13.6. The number of thiazole rings is 1. The second-order valence-electron chi connectivity index (χ2n) is 4.36. The first-order valence-corrected chi connectivity index (χ1v) is 7.95. The van der Waals surface area contributed by atoms with Gasteiger partial charge in [-0.15, -0.1) is 11.3 Å². The number of anilines is 1. The summed E-state index contributed by atoms with van der Waals surface area (Å²) < 4.78 is 6.45. The molecule has 3 rings (SSSR count). The molecule has 0 aliphatic carbocycles. The molecular formula is C15H12BrN3OS. The zero-order chi connectivity index (χ0) is 14.7. The number of hydrogen-bond donors (Lipinski definition) is 1. The van der Waals surface area contributed by atoms with E-state index in [4.69, 9.17) is 4.42 Å². The Morgan fingerprint density at radius 1 is 1.24 bits per heavy atom. The predicted octanol–water partition coefficient (Wildman–Crippen LogP) is 4.92. The van der Waals surface area contributed by atoms with Crippen molar-refractivity contribution in [3.63, 3.8) is 0 Å². The van der Waals surface area contributed by atoms with E-state index in [2.05, 4.69) is 31.4 Å². The molecule has 0 fully saturated rings. The molecule has 0 aliphatic rings. The van der Waals surface area contributed by atoms with E-state index in [1.165, 1.54) is 11.3 Å². The lowest BCUT2D eigenvalue weighted by Crippen LogP contribution is -1.89. The van der Waals surface area contributed by atoms with Crippen molar-refractivity contribution in [3.05, 3.63) is 57.8 Å². The number of aromatic nitrogens is 1. The van der Waals surface area contributed by atoms with E-state index in [0.717, 1.165) is 26.6 Å². The second-order valence-corrected chi connectivity index (χ2v) is 6.14. The number of aryl methyl sites for hydroxylation is 1. The van der Waals surface area contributed by atoms with Crippen LogP contribution in [0.2, 0.25) is 0 Å². The van der Waals surface area contributed by atoms with Gasteiger partial charge in [-0.25, -0.2) is 4.98 Å². The van der Waals surface area contributed by atoms with E-state index >= 15 is 0 Å². The van der Waals surface area contributed by atoms with Crippen molar-refractivity contribution < 1.29 is 4.42 Å². The number of furan rings is 1. The number of hydrogen-bond acceptors (Lipinski definition) is 5. The van der Waals surface area contributed by atoms with Gasteiger partial charge in [-0.1, -0.05) is 28.1 Å². The molecule has 3 aromatic rings. The summed E-state index contributed by atoms with van der Waals surface area (Å²) in [5.41, 5.74) is 4.92. The molecule has 21 heavy (non-hydrogen) atoms. The van der Waals surface area contributed by atoms with Crippen LogP contribution in [-0.4, -0.2) is 11.2 Å². The second kappa shape index (κ2) is 6.24. The van der Waals surface area contributed by atoms with Gasteiger partial charge in [-0.2, -0.15) is 5.10 Å². The molecule has 0 bridgehead atoms. The number of rotatable bonds is 4. The summed E-state index contributed by atoms with van der Waals surface area (Å²) >= 11 is 4.93. The minimum absolute atomic E-state index is 0.713. The van der Waals surface area contributed by atoms with Crippen molar-refractivity contribution in [2.24, 2.45) is 5.10 Å². The third kappa shape index (κ3) is 3.59. The van der Waals surface area contributed by atoms with Crippen LogP contribution < -0.4 is 5.43 Å². The lowest BCUT2D eigenvalue weighted by atomic mass is 10.2. The van der Waals surface area contributed by atoms with E-state index in [1.807, 2.05) is 48.7 Å². The number of hydrazone groups is 1. The summed E-state index contributed by atoms with van der Waals surface area (Å²) in [4.78, 5) is 4.49. The highest BCUT2D eigenvalue weighted by atomic mass is 79.9. The van der Waals surface area contributed by atoms with Gasteiger partial charge >= 0.3 is 0 Å². The summed E-state index contributed by atoms with van der Waals surface area (Å²) in [5, 5.41) is 6.86. The summed E-state index contributed by atoms with van der Waals surface area (Å²) in [6.07, 6.45) is 1.63. The van der Waals surface area contributed by atoms with Crippen LogP contribution in [0.1, 0.15) is 11.5 Å². The van der Waals surface area contributed by atoms with Crippen LogP contribution in [0.25, 0.3) is 11.3 Å². The summed E-state index contributed by atoms with van der Waals surface area (Å²) in [6, 6.07) is 11.8. The molecule has 0 amide bonds. The molecule has 106 valence electrons. The first kappa shape index (κ1) is 14.0. The van der Waals surface area contributed by atoms with E-state index in [-0.39, 0.29) is 0 Å². The Balaban J connectivity index is 1.67. The maximum absolute atomic E-state index is 5.40. The molecule has 0 saturated carbocycles. The molecular weight excluding hydrogens is 350 g/mol. The van der Waals surface area contributed by atoms with Gasteiger partial charge in [-0.3, -0.25) is 5.43 Å². The molecule has 0 atom stereocenters. The van der Waals surface area contributed by atoms with Crippen LogP contribution in [0, 0.1) is 6.92 Å². The summed E-state index contributed by atoms with van der Waals surface area (Å²) in [7, 11) is 0. The monoisotopic (exact) mass is 361 g/mol. The van der Waals surface area contributed by atoms with E-state index in [0.29, 0.717) is 5.76 Å². The quantitative estimate of drug-likeness (QED) is 0.529. The van der Waals surface area contributed by atoms with Gasteiger partial charge in [0.1, 0.15) is 11.5 Å². The van der Waals surface area contributed by atoms with Crippen LogP contribution in [0.3, 0.4) is 0 Å². The van der Waals surface area contributed by atoms with Crippen LogP contribution in [0.4, 0.5) is 5.13 Å². The lowest BCUT2D eigenvalue weighted by molar-refractivity contribution is 0.528. The fourth-order valence-corrected chi connectivity index (χ4v) is 2.69. The molecule has 0 spiro atoms. The van der Waals surface area contributed by atoms with Crippen molar-refractivity contribution in [3.8, 4) is 11.3 Å². The Hall–Kier alpha value is -1.92. The van der Waals surface area contributed by atoms with E-state index in [1.54, 1.807) is 6.21 Å². The van der Waals surface area contributed by atoms with Crippen molar-refractivity contribution >= 4 is 38.6 Å². The van der Waals surface area contributed by atoms with E-state index < -0.39 is 0 Å². The third-order valence-electron chi connectivity index (χ3n) is 2.76. The summed E-state index contributed by atoms with van der Waals surface area (Å²) in [6.45, 7) is 1.90. The molecule has 2 heterocycles. The van der Waals surface area contributed by atoms with Crippen molar-refractivity contribution in [1.29, 1.82) is 0 Å². The number of benzene rings is 1. The van der Waals surface area contributed by atoms with Crippen LogP contribution in [-0.2, 0) is 0 Å². The maximum atomic E-state index is 5.40. The molecule has 0 aliphatic heterocycles. The molecule has 0 saturated heterocycles. The first-order chi connectivity index (χ1) is 10.2. The van der Waals surface area contributed by atoms with Gasteiger partial charge in [0, 0.05) is 15.4 Å². The molecule has 2 aromatic heterocycles. The standard InChI is InChI=1S/C15H12BrN3OS/c1-10-2-7-13(20-10)8-17-19-15-18-14(9-21-15)11-3-5-12(16)6-4-11/h2-9H,1H3,(H,18,19). The highest BCUT2D eigenvalue weighted by Crippen LogP contribution is 2.26. The van der Waals surface area contributed by atoms with Crippen LogP contribution in [0.5, 0.6) is 0 Å². The van der Waals surface area contributed by atoms with Gasteiger partial charge in [-0.05, 0) is 31.2 Å². The highest BCUT2D eigenvalue weighted by molar-refractivity contribution is 9.10. The highest BCUT2D eigenvalue weighted by Gasteiger charge is 2.03. The SMILES string of the molecule is Cc1ccc(C=NNc2nc(-c3ccc(Br)cc3)cs2)o1. The molecule has 1 aromatic carbocycles. The molecule has 6 heteroatoms. The lowest BCUT2D eigenvalue weighted by Gasteiger charge is -1.96. The van der Waals surface area contributed by atoms with E-state index in [9.17, 15) is 0 Å².